The molecule has 0 saturated heterocycles. The van der Waals surface area contributed by atoms with E-state index in [2.05, 4.69) is 46.3 Å². The molecule has 0 bridgehead atoms. The van der Waals surface area contributed by atoms with Gasteiger partial charge in [-0.05, 0) is 57.9 Å². The molecular weight excluding hydrogens is 490 g/mol. The number of benzene rings is 3. The molecule has 0 amide bonds. The quantitative estimate of drug-likeness (QED) is 0.168. The molecule has 0 fully saturated rings. The average molecular weight is 512 g/mol. The minimum atomic E-state index is -0.425. The maximum absolute atomic E-state index is 12.9. The zero-order valence-electron chi connectivity index (χ0n) is 18.0. The molecule has 4 rings (SSSR count). The summed E-state index contributed by atoms with van der Waals surface area (Å²) in [5.41, 5.74) is 2.20. The number of nitrogens with zero attached hydrogens (tertiary/aromatic N) is 1. The summed E-state index contributed by atoms with van der Waals surface area (Å²) in [6, 6.07) is 18.2. The molecule has 164 valence electrons. The molecule has 0 spiro atoms. The molecule has 5 nitrogen and oxygen atoms in total. The van der Waals surface area contributed by atoms with Crippen molar-refractivity contribution in [2.75, 3.05) is 6.61 Å². The van der Waals surface area contributed by atoms with Crippen LogP contribution < -0.4 is 4.74 Å². The minimum absolute atomic E-state index is 0.278. The van der Waals surface area contributed by atoms with Crippen molar-refractivity contribution >= 4 is 61.3 Å². The van der Waals surface area contributed by atoms with Crippen molar-refractivity contribution in [2.45, 2.75) is 24.5 Å². The summed E-state index contributed by atoms with van der Waals surface area (Å²) in [6.45, 7) is 3.41. The van der Waals surface area contributed by atoms with Crippen LogP contribution in [-0.2, 0) is 22.3 Å². The molecule has 1 heterocycles. The fourth-order valence-electron chi connectivity index (χ4n) is 3.73. The monoisotopic (exact) mass is 511 g/mol. The van der Waals surface area contributed by atoms with Gasteiger partial charge in [0.05, 0.1) is 22.2 Å². The molecule has 32 heavy (non-hydrogen) atoms. The third-order valence-corrected chi connectivity index (χ3v) is 6.83. The molecule has 0 aliphatic heterocycles. The predicted octanol–water partition coefficient (Wildman–Crippen LogP) is 6.49. The lowest BCUT2D eigenvalue weighted by Crippen LogP contribution is -2.08. The fourth-order valence-corrected chi connectivity index (χ4v) is 5.16. The number of rotatable bonds is 6. The number of hydrogen-bond donors (Lipinski definition) is 0. The van der Waals surface area contributed by atoms with E-state index in [1.165, 1.54) is 17.7 Å². The SMILES string of the molecule is CCOC(=O)c1c(CSc2ccc3ccccc3c2)n(C)c2cc(Br)c(OC(C)=O)cc12. The van der Waals surface area contributed by atoms with Crippen LogP contribution in [0.15, 0.2) is 64.0 Å². The lowest BCUT2D eigenvalue weighted by Gasteiger charge is -2.08. The first-order chi connectivity index (χ1) is 15.4. The summed E-state index contributed by atoms with van der Waals surface area (Å²) < 4.78 is 13.3. The van der Waals surface area contributed by atoms with Gasteiger partial charge in [-0.25, -0.2) is 4.79 Å². The van der Waals surface area contributed by atoms with Crippen molar-refractivity contribution in [3.8, 4) is 5.75 Å². The van der Waals surface area contributed by atoms with E-state index in [1.54, 1.807) is 24.8 Å². The number of hydrogen-bond acceptors (Lipinski definition) is 5. The Labute approximate surface area is 198 Å². The number of fused-ring (bicyclic) bond motifs is 2. The van der Waals surface area contributed by atoms with Gasteiger partial charge in [-0.15, -0.1) is 11.8 Å². The number of carbonyl (C=O) groups is 2. The Bertz CT molecular complexity index is 1350. The largest absolute Gasteiger partial charge is 0.462 e. The van der Waals surface area contributed by atoms with Crippen molar-refractivity contribution in [1.82, 2.24) is 4.57 Å². The smallest absolute Gasteiger partial charge is 0.340 e. The van der Waals surface area contributed by atoms with E-state index in [4.69, 9.17) is 9.47 Å². The van der Waals surface area contributed by atoms with E-state index in [-0.39, 0.29) is 12.6 Å². The number of thioether (sulfide) groups is 1. The van der Waals surface area contributed by atoms with Crippen LogP contribution in [-0.4, -0.2) is 23.1 Å². The highest BCUT2D eigenvalue weighted by atomic mass is 79.9. The minimum Gasteiger partial charge on any atom is -0.462 e. The zero-order chi connectivity index (χ0) is 22.8. The Balaban J connectivity index is 1.77. The van der Waals surface area contributed by atoms with Crippen molar-refractivity contribution in [1.29, 1.82) is 0 Å². The van der Waals surface area contributed by atoms with Gasteiger partial charge in [0.2, 0.25) is 0 Å². The van der Waals surface area contributed by atoms with Crippen LogP contribution in [0.5, 0.6) is 5.75 Å². The Morgan fingerprint density at radius 3 is 2.53 bits per heavy atom. The molecule has 1 aromatic heterocycles. The first-order valence-electron chi connectivity index (χ1n) is 10.2. The number of aryl methyl sites for hydroxylation is 1. The van der Waals surface area contributed by atoms with Gasteiger partial charge in [-0.2, -0.15) is 0 Å². The maximum Gasteiger partial charge on any atom is 0.340 e. The van der Waals surface area contributed by atoms with Gasteiger partial charge in [-0.1, -0.05) is 30.3 Å². The predicted molar refractivity (Wildman–Crippen MR) is 131 cm³/mol. The Hall–Kier alpha value is -2.77. The first kappa shape index (κ1) is 22.4. The fraction of sp³-hybridized carbons (Fsp3) is 0.200. The van der Waals surface area contributed by atoms with Gasteiger partial charge in [0.25, 0.3) is 0 Å². The van der Waals surface area contributed by atoms with Gasteiger partial charge < -0.3 is 14.0 Å². The summed E-state index contributed by atoms with van der Waals surface area (Å²) in [7, 11) is 1.93. The van der Waals surface area contributed by atoms with Crippen LogP contribution in [0, 0.1) is 0 Å². The standard InChI is InChI=1S/C25H22BrNO4S/c1-4-30-25(29)24-19-12-23(31-15(2)28)20(26)13-21(19)27(3)22(24)14-32-18-10-9-16-7-5-6-8-17(16)11-18/h5-13H,4,14H2,1-3H3. The van der Waals surface area contributed by atoms with Gasteiger partial charge in [0.15, 0.2) is 0 Å². The second-order valence-electron chi connectivity index (χ2n) is 7.29. The number of esters is 2. The molecule has 0 radical (unpaired) electrons. The Morgan fingerprint density at radius 1 is 1.06 bits per heavy atom. The summed E-state index contributed by atoms with van der Waals surface area (Å²) in [4.78, 5) is 25.6. The molecule has 3 aromatic carbocycles. The molecule has 0 atom stereocenters. The lowest BCUT2D eigenvalue weighted by molar-refractivity contribution is -0.131. The number of carbonyl (C=O) groups excluding carboxylic acids is 2. The molecule has 0 N–H and O–H groups in total. The van der Waals surface area contributed by atoms with Crippen molar-refractivity contribution in [3.63, 3.8) is 0 Å². The van der Waals surface area contributed by atoms with Crippen molar-refractivity contribution in [3.05, 3.63) is 70.3 Å². The van der Waals surface area contributed by atoms with Gasteiger partial charge in [0.1, 0.15) is 5.75 Å². The van der Waals surface area contributed by atoms with E-state index < -0.39 is 5.97 Å². The summed E-state index contributed by atoms with van der Waals surface area (Å²) in [5.74, 6) is 0.141. The zero-order valence-corrected chi connectivity index (χ0v) is 20.4. The molecule has 0 unspecified atom stereocenters. The van der Waals surface area contributed by atoms with Crippen LogP contribution in [0.4, 0.5) is 0 Å². The number of aromatic nitrogens is 1. The summed E-state index contributed by atoms with van der Waals surface area (Å²) in [6.07, 6.45) is 0. The second kappa shape index (κ2) is 9.38. The van der Waals surface area contributed by atoms with Crippen LogP contribution in [0.1, 0.15) is 29.9 Å². The second-order valence-corrected chi connectivity index (χ2v) is 9.20. The van der Waals surface area contributed by atoms with E-state index in [1.807, 2.05) is 29.8 Å². The van der Waals surface area contributed by atoms with Crippen LogP contribution >= 0.6 is 27.7 Å². The molecule has 0 aliphatic rings. The van der Waals surface area contributed by atoms with Gasteiger partial charge >= 0.3 is 11.9 Å². The van der Waals surface area contributed by atoms with E-state index in [0.29, 0.717) is 26.9 Å². The maximum atomic E-state index is 12.9. The number of halogens is 1. The molecule has 7 heteroatoms. The third-order valence-electron chi connectivity index (χ3n) is 5.20. The van der Waals surface area contributed by atoms with Crippen LogP contribution in [0.25, 0.3) is 21.7 Å². The van der Waals surface area contributed by atoms with Crippen LogP contribution in [0.3, 0.4) is 0 Å². The highest BCUT2D eigenvalue weighted by molar-refractivity contribution is 9.10. The lowest BCUT2D eigenvalue weighted by atomic mass is 10.1. The van der Waals surface area contributed by atoms with Crippen molar-refractivity contribution < 1.29 is 19.1 Å². The van der Waals surface area contributed by atoms with Gasteiger partial charge in [-0.3, -0.25) is 4.79 Å². The van der Waals surface area contributed by atoms with E-state index >= 15 is 0 Å². The van der Waals surface area contributed by atoms with E-state index in [9.17, 15) is 9.59 Å². The topological polar surface area (TPSA) is 57.5 Å². The molecule has 0 saturated carbocycles. The summed E-state index contributed by atoms with van der Waals surface area (Å²) >= 11 is 5.13. The Kier molecular flexibility index (Phi) is 6.58. The molecule has 0 aliphatic carbocycles. The van der Waals surface area contributed by atoms with E-state index in [0.717, 1.165) is 16.1 Å². The highest BCUT2D eigenvalue weighted by Gasteiger charge is 2.24. The third kappa shape index (κ3) is 4.40. The number of ether oxygens (including phenoxy) is 2. The molecular formula is C25H22BrNO4S. The summed E-state index contributed by atoms with van der Waals surface area (Å²) in [5, 5.41) is 3.06. The Morgan fingerprint density at radius 2 is 1.81 bits per heavy atom. The first-order valence-corrected chi connectivity index (χ1v) is 11.9. The normalized spacial score (nSPS) is 11.1. The van der Waals surface area contributed by atoms with Crippen LogP contribution in [0.2, 0.25) is 0 Å². The van der Waals surface area contributed by atoms with Crippen molar-refractivity contribution in [2.24, 2.45) is 7.05 Å². The highest BCUT2D eigenvalue weighted by Crippen LogP contribution is 2.37. The molecule has 4 aromatic rings. The van der Waals surface area contributed by atoms with Gasteiger partial charge in [0, 0.05) is 35.7 Å². The average Bonchev–Trinajstić information content (AvgIpc) is 3.03.